The van der Waals surface area contributed by atoms with Gasteiger partial charge in [-0.1, -0.05) is 12.1 Å². The molecule has 1 aliphatic heterocycles. The van der Waals surface area contributed by atoms with E-state index in [-0.39, 0.29) is 11.8 Å². The standard InChI is InChI=1S/C17H16N2O3S/c1-22-13-5-2-11(3-6-13)9-18-17(21)12-4-7-15-14(8-12)19-16(20)10-23-15/h2-8H,9-10H2,1H3,(H,18,21)(H,19,20). The molecule has 5 nitrogen and oxygen atoms in total. The Kier molecular flexibility index (Phi) is 4.52. The number of nitrogens with one attached hydrogen (secondary N) is 2. The third-order valence-corrected chi connectivity index (χ3v) is 4.56. The Morgan fingerprint density at radius 3 is 2.78 bits per heavy atom. The quantitative estimate of drug-likeness (QED) is 0.905. The molecule has 0 radical (unpaired) electrons. The van der Waals surface area contributed by atoms with E-state index in [0.29, 0.717) is 23.5 Å². The summed E-state index contributed by atoms with van der Waals surface area (Å²) in [6.07, 6.45) is 0. The van der Waals surface area contributed by atoms with Crippen molar-refractivity contribution in [3.8, 4) is 5.75 Å². The summed E-state index contributed by atoms with van der Waals surface area (Å²) in [6, 6.07) is 12.9. The average Bonchev–Trinajstić information content (AvgIpc) is 2.59. The van der Waals surface area contributed by atoms with E-state index in [4.69, 9.17) is 4.74 Å². The monoisotopic (exact) mass is 328 g/mol. The molecule has 6 heteroatoms. The highest BCUT2D eigenvalue weighted by Gasteiger charge is 2.17. The summed E-state index contributed by atoms with van der Waals surface area (Å²) in [5.41, 5.74) is 2.21. The van der Waals surface area contributed by atoms with Crippen molar-refractivity contribution in [2.45, 2.75) is 11.4 Å². The van der Waals surface area contributed by atoms with Crippen LogP contribution in [0.1, 0.15) is 15.9 Å². The first-order valence-corrected chi connectivity index (χ1v) is 8.12. The normalized spacial score (nSPS) is 13.0. The van der Waals surface area contributed by atoms with Gasteiger partial charge < -0.3 is 15.4 Å². The lowest BCUT2D eigenvalue weighted by Crippen LogP contribution is -2.24. The van der Waals surface area contributed by atoms with Gasteiger partial charge in [-0.05, 0) is 35.9 Å². The lowest BCUT2D eigenvalue weighted by Gasteiger charge is -2.17. The number of benzene rings is 2. The van der Waals surface area contributed by atoms with Crippen molar-refractivity contribution in [2.24, 2.45) is 0 Å². The summed E-state index contributed by atoms with van der Waals surface area (Å²) < 4.78 is 5.10. The predicted octanol–water partition coefficient (Wildman–Crippen LogP) is 2.67. The van der Waals surface area contributed by atoms with Crippen LogP contribution in [-0.4, -0.2) is 24.7 Å². The molecule has 0 fully saturated rings. The molecular formula is C17H16N2O3S. The van der Waals surface area contributed by atoms with Crippen molar-refractivity contribution in [3.63, 3.8) is 0 Å². The zero-order chi connectivity index (χ0) is 16.2. The van der Waals surface area contributed by atoms with E-state index >= 15 is 0 Å². The van der Waals surface area contributed by atoms with Crippen LogP contribution in [0.2, 0.25) is 0 Å². The first-order valence-electron chi connectivity index (χ1n) is 7.13. The van der Waals surface area contributed by atoms with Crippen molar-refractivity contribution in [2.75, 3.05) is 18.2 Å². The van der Waals surface area contributed by atoms with Gasteiger partial charge in [0.2, 0.25) is 5.91 Å². The first kappa shape index (κ1) is 15.4. The number of amides is 2. The molecule has 0 bridgehead atoms. The maximum atomic E-state index is 12.3. The largest absolute Gasteiger partial charge is 0.497 e. The molecule has 1 aliphatic rings. The molecule has 0 saturated heterocycles. The van der Waals surface area contributed by atoms with Crippen molar-refractivity contribution in [1.29, 1.82) is 0 Å². The maximum absolute atomic E-state index is 12.3. The fraction of sp³-hybridized carbons (Fsp3) is 0.176. The van der Waals surface area contributed by atoms with E-state index in [0.717, 1.165) is 16.2 Å². The summed E-state index contributed by atoms with van der Waals surface area (Å²) in [5, 5.41) is 5.66. The Bertz CT molecular complexity index is 744. The summed E-state index contributed by atoms with van der Waals surface area (Å²) in [6.45, 7) is 0.432. The van der Waals surface area contributed by atoms with Gasteiger partial charge in [0.15, 0.2) is 0 Å². The number of carbonyl (C=O) groups excluding carboxylic acids is 2. The van der Waals surface area contributed by atoms with Crippen LogP contribution in [0.3, 0.4) is 0 Å². The molecule has 2 amide bonds. The van der Waals surface area contributed by atoms with Gasteiger partial charge in [-0.15, -0.1) is 11.8 Å². The topological polar surface area (TPSA) is 67.4 Å². The van der Waals surface area contributed by atoms with E-state index in [1.807, 2.05) is 30.3 Å². The maximum Gasteiger partial charge on any atom is 0.251 e. The van der Waals surface area contributed by atoms with Crippen molar-refractivity contribution >= 4 is 29.3 Å². The van der Waals surface area contributed by atoms with E-state index in [9.17, 15) is 9.59 Å². The van der Waals surface area contributed by atoms with Crippen LogP contribution in [-0.2, 0) is 11.3 Å². The molecule has 1 heterocycles. The number of carbonyl (C=O) groups is 2. The lowest BCUT2D eigenvalue weighted by molar-refractivity contribution is -0.113. The number of fused-ring (bicyclic) bond motifs is 1. The zero-order valence-electron chi connectivity index (χ0n) is 12.6. The van der Waals surface area contributed by atoms with Crippen LogP contribution in [0, 0.1) is 0 Å². The van der Waals surface area contributed by atoms with Gasteiger partial charge in [0.25, 0.3) is 5.91 Å². The zero-order valence-corrected chi connectivity index (χ0v) is 13.4. The Labute approximate surface area is 138 Å². The first-order chi connectivity index (χ1) is 11.2. The van der Waals surface area contributed by atoms with Crippen molar-refractivity contribution in [1.82, 2.24) is 5.32 Å². The molecule has 0 spiro atoms. The minimum atomic E-state index is -0.173. The SMILES string of the molecule is COc1ccc(CNC(=O)c2ccc3c(c2)NC(=O)CS3)cc1. The number of hydrogen-bond donors (Lipinski definition) is 2. The number of methoxy groups -OCH3 is 1. The number of ether oxygens (including phenoxy) is 1. The van der Waals surface area contributed by atoms with Gasteiger partial charge in [0.05, 0.1) is 18.6 Å². The average molecular weight is 328 g/mol. The van der Waals surface area contributed by atoms with E-state index < -0.39 is 0 Å². The summed E-state index contributed by atoms with van der Waals surface area (Å²) >= 11 is 1.48. The third kappa shape index (κ3) is 3.65. The molecule has 2 aromatic rings. The summed E-state index contributed by atoms with van der Waals surface area (Å²) in [7, 11) is 1.62. The molecule has 0 aromatic heterocycles. The molecule has 2 N–H and O–H groups in total. The molecule has 118 valence electrons. The van der Waals surface area contributed by atoms with Gasteiger partial charge in [-0.25, -0.2) is 0 Å². The van der Waals surface area contributed by atoms with Gasteiger partial charge in [-0.2, -0.15) is 0 Å². The highest BCUT2D eigenvalue weighted by Crippen LogP contribution is 2.31. The van der Waals surface area contributed by atoms with Crippen LogP contribution >= 0.6 is 11.8 Å². The number of rotatable bonds is 4. The second kappa shape index (κ2) is 6.75. The molecular weight excluding hydrogens is 312 g/mol. The van der Waals surface area contributed by atoms with E-state index in [1.165, 1.54) is 11.8 Å². The van der Waals surface area contributed by atoms with E-state index in [2.05, 4.69) is 10.6 Å². The van der Waals surface area contributed by atoms with Crippen LogP contribution in [0.4, 0.5) is 5.69 Å². The highest BCUT2D eigenvalue weighted by atomic mass is 32.2. The van der Waals surface area contributed by atoms with Gasteiger partial charge in [0.1, 0.15) is 5.75 Å². The van der Waals surface area contributed by atoms with E-state index in [1.54, 1.807) is 19.2 Å². The van der Waals surface area contributed by atoms with Gasteiger partial charge in [0, 0.05) is 17.0 Å². The Hall–Kier alpha value is -2.47. The molecule has 3 rings (SSSR count). The highest BCUT2D eigenvalue weighted by molar-refractivity contribution is 8.00. The van der Waals surface area contributed by atoms with Crippen LogP contribution in [0.15, 0.2) is 47.4 Å². The van der Waals surface area contributed by atoms with Gasteiger partial charge >= 0.3 is 0 Å². The molecule has 0 saturated carbocycles. The second-order valence-corrected chi connectivity index (χ2v) is 6.10. The lowest BCUT2D eigenvalue weighted by atomic mass is 10.1. The number of thioether (sulfide) groups is 1. The van der Waals surface area contributed by atoms with Crippen LogP contribution in [0.5, 0.6) is 5.75 Å². The molecule has 0 atom stereocenters. The minimum absolute atomic E-state index is 0.0432. The second-order valence-electron chi connectivity index (χ2n) is 5.08. The summed E-state index contributed by atoms with van der Waals surface area (Å²) in [5.74, 6) is 0.977. The van der Waals surface area contributed by atoms with Crippen LogP contribution < -0.4 is 15.4 Å². The van der Waals surface area contributed by atoms with Crippen molar-refractivity contribution < 1.29 is 14.3 Å². The fourth-order valence-corrected chi connectivity index (χ4v) is 3.04. The van der Waals surface area contributed by atoms with Crippen LogP contribution in [0.25, 0.3) is 0 Å². The molecule has 23 heavy (non-hydrogen) atoms. The Morgan fingerprint density at radius 2 is 2.04 bits per heavy atom. The predicted molar refractivity (Wildman–Crippen MR) is 90.0 cm³/mol. The van der Waals surface area contributed by atoms with Crippen molar-refractivity contribution in [3.05, 3.63) is 53.6 Å². The molecule has 0 aliphatic carbocycles. The number of hydrogen-bond acceptors (Lipinski definition) is 4. The Morgan fingerprint density at radius 1 is 1.26 bits per heavy atom. The minimum Gasteiger partial charge on any atom is -0.497 e. The Balaban J connectivity index is 1.66. The fourth-order valence-electron chi connectivity index (χ4n) is 2.25. The number of anilines is 1. The van der Waals surface area contributed by atoms with Gasteiger partial charge in [-0.3, -0.25) is 9.59 Å². The molecule has 2 aromatic carbocycles. The smallest absolute Gasteiger partial charge is 0.251 e. The third-order valence-electron chi connectivity index (χ3n) is 3.49. The summed E-state index contributed by atoms with van der Waals surface area (Å²) in [4.78, 5) is 24.7. The molecule has 0 unspecified atom stereocenters.